The number of benzene rings is 1. The topological polar surface area (TPSA) is 124 Å². The van der Waals surface area contributed by atoms with Gasteiger partial charge in [0.25, 0.3) is 0 Å². The Hall–Kier alpha value is -2.75. The largest absolute Gasteiger partial charge is 0.478 e. The number of aromatic nitrogens is 1. The number of nitrogens with zero attached hydrogens (tertiary/aromatic N) is 2. The molecule has 1 aromatic carbocycles. The zero-order valence-corrected chi connectivity index (χ0v) is 22.6. The van der Waals surface area contributed by atoms with Crippen LogP contribution >= 0.6 is 0 Å². The summed E-state index contributed by atoms with van der Waals surface area (Å²) in [5.41, 5.74) is 1.79. The molecule has 0 bridgehead atoms. The van der Waals surface area contributed by atoms with Gasteiger partial charge in [0.2, 0.25) is 17.7 Å². The van der Waals surface area contributed by atoms with E-state index in [4.69, 9.17) is 9.84 Å². The Morgan fingerprint density at radius 3 is 2.66 bits per heavy atom. The third-order valence-corrected chi connectivity index (χ3v) is 7.34. The van der Waals surface area contributed by atoms with Gasteiger partial charge in [0.05, 0.1) is 36.6 Å². The predicted octanol–water partition coefficient (Wildman–Crippen LogP) is 2.24. The zero-order valence-electron chi connectivity index (χ0n) is 22.6. The number of amides is 2. The van der Waals surface area contributed by atoms with Crippen molar-refractivity contribution in [3.8, 4) is 5.88 Å². The van der Waals surface area contributed by atoms with Gasteiger partial charge in [-0.25, -0.2) is 4.98 Å². The predicted molar refractivity (Wildman–Crippen MR) is 145 cm³/mol. The van der Waals surface area contributed by atoms with E-state index in [1.54, 1.807) is 0 Å². The van der Waals surface area contributed by atoms with Crippen LogP contribution in [0.2, 0.25) is 0 Å². The molecule has 1 aliphatic heterocycles. The number of fused-ring (bicyclic) bond motifs is 1. The number of hydrogen-bond acceptors (Lipinski definition) is 7. The Labute approximate surface area is 225 Å². The molecule has 0 spiro atoms. The lowest BCUT2D eigenvalue weighted by Gasteiger charge is -2.34. The minimum atomic E-state index is -0.312. The molecule has 2 aromatic rings. The van der Waals surface area contributed by atoms with Crippen molar-refractivity contribution >= 4 is 22.7 Å². The van der Waals surface area contributed by atoms with E-state index in [9.17, 15) is 14.7 Å². The number of aliphatic hydroxyl groups is 2. The highest BCUT2D eigenvalue weighted by molar-refractivity contribution is 5.85. The summed E-state index contributed by atoms with van der Waals surface area (Å²) >= 11 is 0. The fourth-order valence-electron chi connectivity index (χ4n) is 5.25. The molecule has 9 heteroatoms. The fraction of sp³-hybridized carbons (Fsp3) is 0.621. The third-order valence-electron chi connectivity index (χ3n) is 7.34. The first-order chi connectivity index (χ1) is 18.4. The van der Waals surface area contributed by atoms with Gasteiger partial charge < -0.3 is 30.5 Å². The molecule has 2 unspecified atom stereocenters. The smallest absolute Gasteiger partial charge is 0.227 e. The molecule has 208 valence electrons. The van der Waals surface area contributed by atoms with E-state index in [1.165, 1.54) is 0 Å². The van der Waals surface area contributed by atoms with Gasteiger partial charge >= 0.3 is 0 Å². The highest BCUT2D eigenvalue weighted by atomic mass is 16.5. The summed E-state index contributed by atoms with van der Waals surface area (Å²) in [5.74, 6) is 0.230. The zero-order chi connectivity index (χ0) is 27.1. The Morgan fingerprint density at radius 2 is 1.95 bits per heavy atom. The van der Waals surface area contributed by atoms with E-state index in [-0.39, 0.29) is 48.9 Å². The van der Waals surface area contributed by atoms with Crippen LogP contribution in [0.4, 0.5) is 0 Å². The van der Waals surface area contributed by atoms with Crippen molar-refractivity contribution in [3.63, 3.8) is 0 Å². The highest BCUT2D eigenvalue weighted by Crippen LogP contribution is 2.33. The minimum Gasteiger partial charge on any atom is -0.478 e. The second kappa shape index (κ2) is 13.4. The van der Waals surface area contributed by atoms with Gasteiger partial charge in [-0.1, -0.05) is 32.0 Å². The van der Waals surface area contributed by atoms with Crippen LogP contribution in [0, 0.1) is 17.8 Å². The van der Waals surface area contributed by atoms with Crippen molar-refractivity contribution in [2.75, 3.05) is 32.9 Å². The summed E-state index contributed by atoms with van der Waals surface area (Å²) in [6, 6.07) is 9.69. The van der Waals surface area contributed by atoms with Crippen LogP contribution in [-0.2, 0) is 16.1 Å². The summed E-state index contributed by atoms with van der Waals surface area (Å²) in [6.07, 6.45) is 3.69. The van der Waals surface area contributed by atoms with Crippen LogP contribution in [0.25, 0.3) is 10.9 Å². The summed E-state index contributed by atoms with van der Waals surface area (Å²) in [7, 11) is 0. The maximum absolute atomic E-state index is 13.8. The van der Waals surface area contributed by atoms with Crippen LogP contribution < -0.4 is 15.4 Å². The van der Waals surface area contributed by atoms with E-state index in [0.717, 1.165) is 29.3 Å². The SMILES string of the molecule is CC(C)CC(CO)NC(=O)C1CNC[C@H](C(=O)N(Cc2cc(OCCCO)nc3ccccc23)C2CC2)C1. The summed E-state index contributed by atoms with van der Waals surface area (Å²) < 4.78 is 5.79. The molecule has 3 atom stereocenters. The first-order valence-electron chi connectivity index (χ1n) is 13.9. The Balaban J connectivity index is 1.48. The number of pyridine rings is 1. The highest BCUT2D eigenvalue weighted by Gasteiger charge is 2.39. The monoisotopic (exact) mass is 526 g/mol. The van der Waals surface area contributed by atoms with E-state index < -0.39 is 0 Å². The molecular formula is C29H42N4O5. The van der Waals surface area contributed by atoms with Crippen molar-refractivity contribution in [2.24, 2.45) is 17.8 Å². The number of aliphatic hydroxyl groups excluding tert-OH is 2. The standard InChI is InChI=1S/C29H42N4O5/c1-19(2)12-23(18-35)31-28(36)20-13-21(16-30-15-20)29(37)33(24-8-9-24)17-22-14-27(38-11-5-10-34)32-26-7-4-3-6-25(22)26/h3-4,6-7,14,19-21,23-24,30,34-35H,5,8-13,15-18H2,1-2H3,(H,31,36)/t20?,21-,23?/m1/s1. The van der Waals surface area contributed by atoms with Crippen LogP contribution in [0.3, 0.4) is 0 Å². The number of ether oxygens (including phenoxy) is 1. The quantitative estimate of drug-likeness (QED) is 0.295. The maximum Gasteiger partial charge on any atom is 0.227 e. The normalized spacial score (nSPS) is 20.3. The van der Waals surface area contributed by atoms with Crippen molar-refractivity contribution in [1.29, 1.82) is 0 Å². The Morgan fingerprint density at radius 1 is 1.18 bits per heavy atom. The Bertz CT molecular complexity index is 1090. The average molecular weight is 527 g/mol. The maximum atomic E-state index is 13.8. The van der Waals surface area contributed by atoms with Gasteiger partial charge in [0.1, 0.15) is 0 Å². The first-order valence-corrected chi connectivity index (χ1v) is 13.9. The number of nitrogens with one attached hydrogen (secondary N) is 2. The minimum absolute atomic E-state index is 0.0528. The van der Waals surface area contributed by atoms with E-state index in [1.807, 2.05) is 35.2 Å². The lowest BCUT2D eigenvalue weighted by atomic mass is 9.88. The number of hydrogen-bond donors (Lipinski definition) is 4. The molecule has 1 saturated carbocycles. The number of rotatable bonds is 13. The van der Waals surface area contributed by atoms with Gasteiger partial charge in [0.15, 0.2) is 0 Å². The van der Waals surface area contributed by atoms with Gasteiger partial charge in [0, 0.05) is 50.2 Å². The molecule has 1 saturated heterocycles. The second-order valence-electron chi connectivity index (χ2n) is 11.1. The molecule has 2 fully saturated rings. The molecular weight excluding hydrogens is 484 g/mol. The van der Waals surface area contributed by atoms with Crippen LogP contribution in [-0.4, -0.2) is 76.9 Å². The molecule has 2 heterocycles. The molecule has 2 aliphatic rings. The Kier molecular flexibility index (Phi) is 9.93. The van der Waals surface area contributed by atoms with Gasteiger partial charge in [-0.2, -0.15) is 0 Å². The molecule has 1 aromatic heterocycles. The molecule has 4 rings (SSSR count). The first kappa shape index (κ1) is 28.3. The van der Waals surface area contributed by atoms with Crippen LogP contribution in [0.1, 0.15) is 51.5 Å². The van der Waals surface area contributed by atoms with E-state index >= 15 is 0 Å². The average Bonchev–Trinajstić information content (AvgIpc) is 3.76. The summed E-state index contributed by atoms with van der Waals surface area (Å²) in [6.45, 7) is 6.00. The lowest BCUT2D eigenvalue weighted by Crippen LogP contribution is -2.51. The molecule has 0 radical (unpaired) electrons. The van der Waals surface area contributed by atoms with Gasteiger partial charge in [-0.05, 0) is 43.2 Å². The van der Waals surface area contributed by atoms with Gasteiger partial charge in [-0.15, -0.1) is 0 Å². The van der Waals surface area contributed by atoms with E-state index in [2.05, 4.69) is 29.5 Å². The number of carbonyl (C=O) groups is 2. The molecule has 2 amide bonds. The fourth-order valence-corrected chi connectivity index (χ4v) is 5.25. The van der Waals surface area contributed by atoms with Crippen molar-refractivity contribution in [3.05, 3.63) is 35.9 Å². The molecule has 4 N–H and O–H groups in total. The third kappa shape index (κ3) is 7.42. The van der Waals surface area contributed by atoms with Crippen LogP contribution in [0.15, 0.2) is 30.3 Å². The van der Waals surface area contributed by atoms with Crippen molar-refractivity contribution in [1.82, 2.24) is 20.5 Å². The molecule has 1 aliphatic carbocycles. The number of para-hydroxylation sites is 1. The lowest BCUT2D eigenvalue weighted by molar-refractivity contribution is -0.139. The number of carbonyl (C=O) groups excluding carboxylic acids is 2. The molecule has 9 nitrogen and oxygen atoms in total. The van der Waals surface area contributed by atoms with Crippen molar-refractivity contribution < 1.29 is 24.5 Å². The summed E-state index contributed by atoms with van der Waals surface area (Å²) in [5, 5.41) is 26.1. The van der Waals surface area contributed by atoms with Crippen LogP contribution in [0.5, 0.6) is 5.88 Å². The van der Waals surface area contributed by atoms with Gasteiger partial charge in [-0.3, -0.25) is 9.59 Å². The molecule has 38 heavy (non-hydrogen) atoms. The summed E-state index contributed by atoms with van der Waals surface area (Å²) in [4.78, 5) is 33.4. The van der Waals surface area contributed by atoms with E-state index in [0.29, 0.717) is 57.3 Å². The second-order valence-corrected chi connectivity index (χ2v) is 11.1. The van der Waals surface area contributed by atoms with Crippen molar-refractivity contribution in [2.45, 2.75) is 64.6 Å². The number of piperidine rings is 1.